The van der Waals surface area contributed by atoms with E-state index in [2.05, 4.69) is 15.3 Å². The lowest BCUT2D eigenvalue weighted by Gasteiger charge is -2.30. The van der Waals surface area contributed by atoms with E-state index in [1.54, 1.807) is 54.6 Å². The number of amides is 1. The molecule has 0 aliphatic carbocycles. The van der Waals surface area contributed by atoms with Gasteiger partial charge in [-0.1, -0.05) is 77.9 Å². The molecule has 1 amide bonds. The van der Waals surface area contributed by atoms with Gasteiger partial charge in [0.25, 0.3) is 5.91 Å². The first-order chi connectivity index (χ1) is 22.4. The van der Waals surface area contributed by atoms with Gasteiger partial charge in [-0.3, -0.25) is 4.79 Å². The average molecular weight is 624 g/mol. The smallest absolute Gasteiger partial charge is 0.252 e. The van der Waals surface area contributed by atoms with Gasteiger partial charge in [0, 0.05) is 53.3 Å². The standard InChI is InChI=1S/C35H31F2N5O4/c36-29-13-6-14-30(37)28(29)23-39-34(44)35(20-7-11-24-9-2-1-3-10-24)32(27-12-4-5-15-31(27)41-42-38)46-33(40-35)25-16-18-26(19-17-25)45-22-8-21-43/h1-7,9-19,32,43H,8,20-23H2,(H,39,44)/b11-7+/t32-,35-/m1/s1. The van der Waals surface area contributed by atoms with Gasteiger partial charge in [-0.2, -0.15) is 0 Å². The Morgan fingerprint density at radius 1 is 1.02 bits per heavy atom. The maximum atomic E-state index is 14.5. The van der Waals surface area contributed by atoms with E-state index >= 15 is 0 Å². The number of nitrogens with zero attached hydrogens (tertiary/aromatic N) is 4. The molecule has 46 heavy (non-hydrogen) atoms. The number of carbonyl (C=O) groups excluding carboxylic acids is 1. The molecule has 0 bridgehead atoms. The first kappa shape index (κ1) is 31.9. The van der Waals surface area contributed by atoms with Crippen molar-refractivity contribution < 1.29 is 28.2 Å². The number of carbonyl (C=O) groups is 1. The van der Waals surface area contributed by atoms with Crippen molar-refractivity contribution in [1.82, 2.24) is 5.32 Å². The van der Waals surface area contributed by atoms with Crippen LogP contribution in [0, 0.1) is 11.6 Å². The van der Waals surface area contributed by atoms with Crippen LogP contribution in [0.4, 0.5) is 14.5 Å². The molecule has 234 valence electrons. The van der Waals surface area contributed by atoms with E-state index in [-0.39, 0.29) is 30.2 Å². The highest BCUT2D eigenvalue weighted by atomic mass is 19.1. The highest BCUT2D eigenvalue weighted by Gasteiger charge is 2.53. The minimum Gasteiger partial charge on any atom is -0.494 e. The average Bonchev–Trinajstić information content (AvgIpc) is 3.46. The summed E-state index contributed by atoms with van der Waals surface area (Å²) in [5, 5.41) is 15.6. The van der Waals surface area contributed by atoms with Crippen LogP contribution in [0.2, 0.25) is 0 Å². The van der Waals surface area contributed by atoms with E-state index in [0.29, 0.717) is 29.9 Å². The number of benzene rings is 4. The third-order valence-electron chi connectivity index (χ3n) is 7.43. The van der Waals surface area contributed by atoms with Crippen LogP contribution in [-0.2, 0) is 16.1 Å². The predicted molar refractivity (Wildman–Crippen MR) is 170 cm³/mol. The van der Waals surface area contributed by atoms with E-state index in [1.165, 1.54) is 6.07 Å². The van der Waals surface area contributed by atoms with Gasteiger partial charge in [-0.25, -0.2) is 13.8 Å². The molecule has 2 atom stereocenters. The van der Waals surface area contributed by atoms with Crippen molar-refractivity contribution in [3.8, 4) is 5.75 Å². The molecular formula is C35H31F2N5O4. The Morgan fingerprint density at radius 3 is 2.46 bits per heavy atom. The lowest BCUT2D eigenvalue weighted by molar-refractivity contribution is -0.129. The number of hydrogen-bond acceptors (Lipinski definition) is 6. The summed E-state index contributed by atoms with van der Waals surface area (Å²) in [6, 6.07) is 26.6. The van der Waals surface area contributed by atoms with Crippen LogP contribution in [0.15, 0.2) is 113 Å². The number of aliphatic imine (C=N–C) groups is 1. The van der Waals surface area contributed by atoms with Gasteiger partial charge < -0.3 is 19.9 Å². The highest BCUT2D eigenvalue weighted by molar-refractivity contribution is 6.01. The highest BCUT2D eigenvalue weighted by Crippen LogP contribution is 2.45. The number of ether oxygens (including phenoxy) is 2. The SMILES string of the molecule is [N-]=[N+]=Nc1ccccc1[C@H]1OC(c2ccc(OCCCO)cc2)=N[C@@]1(C/C=C/c1ccccc1)C(=O)NCc1c(F)cccc1F. The number of nitrogens with one attached hydrogen (secondary N) is 1. The molecule has 0 saturated carbocycles. The molecule has 5 rings (SSSR count). The van der Waals surface area contributed by atoms with E-state index < -0.39 is 35.7 Å². The van der Waals surface area contributed by atoms with E-state index in [1.807, 2.05) is 36.4 Å². The molecule has 0 radical (unpaired) electrons. The number of aliphatic hydroxyl groups excluding tert-OH is 1. The second kappa shape index (κ2) is 15.0. The number of halogens is 2. The Bertz CT molecular complexity index is 1760. The molecule has 1 heterocycles. The van der Waals surface area contributed by atoms with Crippen LogP contribution in [0.5, 0.6) is 5.75 Å². The molecule has 4 aromatic carbocycles. The molecule has 2 N–H and O–H groups in total. The van der Waals surface area contributed by atoms with Gasteiger partial charge in [-0.15, -0.1) is 0 Å². The van der Waals surface area contributed by atoms with Crippen LogP contribution in [0.3, 0.4) is 0 Å². The van der Waals surface area contributed by atoms with Gasteiger partial charge >= 0.3 is 0 Å². The summed E-state index contributed by atoms with van der Waals surface area (Å²) in [5.74, 6) is -1.52. The van der Waals surface area contributed by atoms with Crippen molar-refractivity contribution in [2.24, 2.45) is 10.1 Å². The number of hydrogen-bond donors (Lipinski definition) is 2. The van der Waals surface area contributed by atoms with Crippen LogP contribution in [0.25, 0.3) is 16.5 Å². The van der Waals surface area contributed by atoms with E-state index in [9.17, 15) is 19.1 Å². The second-order valence-corrected chi connectivity index (χ2v) is 10.4. The van der Waals surface area contributed by atoms with Gasteiger partial charge in [0.2, 0.25) is 5.90 Å². The Kier molecular flexibility index (Phi) is 10.4. The quantitative estimate of drug-likeness (QED) is 0.0698. The summed E-state index contributed by atoms with van der Waals surface area (Å²) < 4.78 is 41.2. The third kappa shape index (κ3) is 7.23. The van der Waals surface area contributed by atoms with Crippen molar-refractivity contribution in [3.63, 3.8) is 0 Å². The summed E-state index contributed by atoms with van der Waals surface area (Å²) in [6.45, 7) is -0.0873. The van der Waals surface area contributed by atoms with Crippen molar-refractivity contribution in [3.05, 3.63) is 147 Å². The Balaban J connectivity index is 1.59. The minimum absolute atomic E-state index is 0.00780. The second-order valence-electron chi connectivity index (χ2n) is 10.4. The van der Waals surface area contributed by atoms with E-state index in [4.69, 9.17) is 19.6 Å². The first-order valence-corrected chi connectivity index (χ1v) is 14.6. The summed E-state index contributed by atoms with van der Waals surface area (Å²) in [7, 11) is 0. The lowest BCUT2D eigenvalue weighted by atomic mass is 9.83. The Labute approximate surface area is 264 Å². The van der Waals surface area contributed by atoms with Gasteiger partial charge in [0.05, 0.1) is 6.61 Å². The van der Waals surface area contributed by atoms with Crippen LogP contribution in [-0.4, -0.2) is 35.7 Å². The molecule has 0 unspecified atom stereocenters. The lowest BCUT2D eigenvalue weighted by Crippen LogP contribution is -2.48. The fourth-order valence-corrected chi connectivity index (χ4v) is 5.10. The first-order valence-electron chi connectivity index (χ1n) is 14.6. The fraction of sp³-hybridized carbons (Fsp3) is 0.200. The molecule has 0 fully saturated rings. The van der Waals surface area contributed by atoms with Gasteiger partial charge in [0.15, 0.2) is 11.6 Å². The van der Waals surface area contributed by atoms with Crippen molar-refractivity contribution in [2.45, 2.75) is 31.0 Å². The molecule has 4 aromatic rings. The Hall–Kier alpha value is -5.51. The normalized spacial score (nSPS) is 17.2. The summed E-state index contributed by atoms with van der Waals surface area (Å²) in [6.07, 6.45) is 3.04. The van der Waals surface area contributed by atoms with Crippen molar-refractivity contribution >= 4 is 23.6 Å². The number of aliphatic hydroxyl groups is 1. The summed E-state index contributed by atoms with van der Waals surface area (Å²) >= 11 is 0. The molecule has 0 aromatic heterocycles. The monoisotopic (exact) mass is 623 g/mol. The maximum absolute atomic E-state index is 14.5. The summed E-state index contributed by atoms with van der Waals surface area (Å²) in [4.78, 5) is 22.1. The zero-order chi connectivity index (χ0) is 32.4. The summed E-state index contributed by atoms with van der Waals surface area (Å²) in [5.41, 5.74) is 9.39. The van der Waals surface area contributed by atoms with Crippen molar-refractivity contribution in [2.75, 3.05) is 13.2 Å². The predicted octanol–water partition coefficient (Wildman–Crippen LogP) is 7.34. The molecule has 1 aliphatic heterocycles. The van der Waals surface area contributed by atoms with Crippen molar-refractivity contribution in [1.29, 1.82) is 0 Å². The Morgan fingerprint density at radius 2 is 1.74 bits per heavy atom. The molecule has 0 saturated heterocycles. The third-order valence-corrected chi connectivity index (χ3v) is 7.43. The fourth-order valence-electron chi connectivity index (χ4n) is 5.10. The molecule has 0 spiro atoms. The largest absolute Gasteiger partial charge is 0.494 e. The zero-order valence-electron chi connectivity index (χ0n) is 24.7. The topological polar surface area (TPSA) is 129 Å². The van der Waals surface area contributed by atoms with Crippen LogP contribution in [0.1, 0.15) is 41.2 Å². The number of azide groups is 1. The number of rotatable bonds is 13. The zero-order valence-corrected chi connectivity index (χ0v) is 24.7. The molecule has 1 aliphatic rings. The van der Waals surface area contributed by atoms with Crippen LogP contribution < -0.4 is 10.1 Å². The molecule has 11 heteroatoms. The minimum atomic E-state index is -1.68. The van der Waals surface area contributed by atoms with Gasteiger partial charge in [-0.05, 0) is 47.5 Å². The molecular weight excluding hydrogens is 592 g/mol. The van der Waals surface area contributed by atoms with Crippen LogP contribution >= 0.6 is 0 Å². The van der Waals surface area contributed by atoms with E-state index in [0.717, 1.165) is 17.7 Å². The van der Waals surface area contributed by atoms with Gasteiger partial charge in [0.1, 0.15) is 17.4 Å². The molecule has 9 nitrogen and oxygen atoms in total. The maximum Gasteiger partial charge on any atom is 0.252 e.